The van der Waals surface area contributed by atoms with Crippen LogP contribution in [-0.2, 0) is 6.42 Å². The van der Waals surface area contributed by atoms with Gasteiger partial charge >= 0.3 is 0 Å². The highest BCUT2D eigenvalue weighted by atomic mass is 127. The fourth-order valence-electron chi connectivity index (χ4n) is 7.31. The first-order chi connectivity index (χ1) is 17.2. The molecule has 2 atom stereocenters. The van der Waals surface area contributed by atoms with Gasteiger partial charge in [-0.1, -0.05) is 109 Å². The van der Waals surface area contributed by atoms with Crippen LogP contribution >= 0.6 is 34.2 Å². The number of allylic oxidation sites excluding steroid dienone is 4. The van der Waals surface area contributed by atoms with E-state index in [9.17, 15) is 0 Å². The van der Waals surface area contributed by atoms with Gasteiger partial charge in [0.1, 0.15) is 0 Å². The second kappa shape index (κ2) is 7.44. The lowest BCUT2D eigenvalue weighted by molar-refractivity contribution is 0.729. The largest absolute Gasteiger partial charge is 0.0878 e. The Morgan fingerprint density at radius 3 is 1.54 bits per heavy atom. The quantitative estimate of drug-likeness (QED) is 0.197. The second-order valence-corrected chi connectivity index (χ2v) is 11.7. The van der Waals surface area contributed by atoms with Gasteiger partial charge < -0.3 is 0 Å². The molecule has 0 nitrogen and oxygen atoms in total. The van der Waals surface area contributed by atoms with Gasteiger partial charge in [0.05, 0.1) is 0 Å². The van der Waals surface area contributed by atoms with Crippen molar-refractivity contribution in [3.05, 3.63) is 161 Å². The summed E-state index contributed by atoms with van der Waals surface area (Å²) >= 11 is 10.2. The highest BCUT2D eigenvalue weighted by molar-refractivity contribution is 14.1. The first-order valence-corrected chi connectivity index (χ1v) is 13.8. The van der Waals surface area contributed by atoms with Crippen molar-refractivity contribution >= 4 is 34.2 Å². The molecule has 2 heteroatoms. The molecular weight excluding hydrogens is 559 g/mol. The Morgan fingerprint density at radius 1 is 0.514 bits per heavy atom. The lowest BCUT2D eigenvalue weighted by Gasteiger charge is -2.45. The van der Waals surface area contributed by atoms with Gasteiger partial charge in [0.25, 0.3) is 0 Å². The van der Waals surface area contributed by atoms with Crippen molar-refractivity contribution in [2.45, 2.75) is 30.1 Å². The Balaban J connectivity index is 1.45. The lowest BCUT2D eigenvalue weighted by Crippen LogP contribution is -2.30. The molecule has 0 amide bonds. The Hall–Kier alpha value is -2.62. The van der Waals surface area contributed by atoms with Gasteiger partial charge in [-0.2, -0.15) is 0 Å². The summed E-state index contributed by atoms with van der Waals surface area (Å²) in [4.78, 5) is 0. The number of rotatable bonds is 1. The fraction of sp³-hybridized carbons (Fsp3) is 0.152. The van der Waals surface area contributed by atoms with Crippen molar-refractivity contribution in [1.82, 2.24) is 0 Å². The molecule has 0 unspecified atom stereocenters. The van der Waals surface area contributed by atoms with E-state index in [0.29, 0.717) is 5.92 Å². The van der Waals surface area contributed by atoms with Crippen LogP contribution in [0.3, 0.4) is 0 Å². The molecule has 0 aliphatic heterocycles. The Bertz CT molecular complexity index is 1570. The summed E-state index contributed by atoms with van der Waals surface area (Å²) in [5, 5.41) is 1.03. The molecule has 0 aromatic heterocycles. The molecule has 0 spiro atoms. The molecule has 35 heavy (non-hydrogen) atoms. The van der Waals surface area contributed by atoms with Crippen LogP contribution in [0.15, 0.2) is 117 Å². The zero-order valence-electron chi connectivity index (χ0n) is 19.0. The number of fused-ring (bicyclic) bond motifs is 1. The molecular formula is C33H22ClI. The Labute approximate surface area is 224 Å². The van der Waals surface area contributed by atoms with Crippen LogP contribution in [0.25, 0.3) is 0 Å². The van der Waals surface area contributed by atoms with E-state index in [1.165, 1.54) is 59.2 Å². The van der Waals surface area contributed by atoms with Crippen molar-refractivity contribution in [3.8, 4) is 0 Å². The van der Waals surface area contributed by atoms with Gasteiger partial charge in [0.15, 0.2) is 0 Å². The van der Waals surface area contributed by atoms with E-state index in [0.717, 1.165) is 11.5 Å². The normalized spacial score (nSPS) is 25.1. The summed E-state index contributed by atoms with van der Waals surface area (Å²) in [6.07, 6.45) is 1.05. The van der Waals surface area contributed by atoms with E-state index in [2.05, 4.69) is 120 Å². The van der Waals surface area contributed by atoms with Crippen LogP contribution in [0.2, 0.25) is 0 Å². The third-order valence-electron chi connectivity index (χ3n) is 8.65. The summed E-state index contributed by atoms with van der Waals surface area (Å²) in [5.74, 6) is 0.895. The van der Waals surface area contributed by atoms with Crippen molar-refractivity contribution in [2.75, 3.05) is 0 Å². The predicted octanol–water partition coefficient (Wildman–Crippen LogP) is 8.94. The molecule has 6 aliphatic rings. The fourth-order valence-corrected chi connectivity index (χ4v) is 8.91. The van der Waals surface area contributed by atoms with E-state index in [-0.39, 0.29) is 17.8 Å². The maximum atomic E-state index is 7.52. The van der Waals surface area contributed by atoms with Crippen LogP contribution in [0.4, 0.5) is 0 Å². The lowest BCUT2D eigenvalue weighted by atomic mass is 9.60. The molecule has 6 aliphatic carbocycles. The van der Waals surface area contributed by atoms with Gasteiger partial charge in [0.2, 0.25) is 0 Å². The number of halogens is 2. The Kier molecular flexibility index (Phi) is 4.37. The van der Waals surface area contributed by atoms with E-state index >= 15 is 0 Å². The zero-order valence-corrected chi connectivity index (χ0v) is 21.9. The number of benzene rings is 4. The highest BCUT2D eigenvalue weighted by Crippen LogP contribution is 2.63. The summed E-state index contributed by atoms with van der Waals surface area (Å²) < 4.78 is 1.47. The number of hydrogen-bond donors (Lipinski definition) is 0. The Morgan fingerprint density at radius 2 is 0.943 bits per heavy atom. The van der Waals surface area contributed by atoms with Gasteiger partial charge in [-0.3, -0.25) is 0 Å². The third kappa shape index (κ3) is 2.64. The highest BCUT2D eigenvalue weighted by Gasteiger charge is 2.48. The average Bonchev–Trinajstić information content (AvgIpc) is 3.12. The standard InChI is InChI=1S/C33H22ClI/c34-32-29-24-15-7-5-13-22(24)28(23-14-6-8-16-25(23)29)30(32)31-27-19-10-2-1-9-18(19)17-26(33(31)35)20-11-3-4-12-21(20)27/h1-16,26-29H,17H2/t26-,27+,28?,29?/m0/s1. The van der Waals surface area contributed by atoms with Gasteiger partial charge in [0, 0.05) is 32.3 Å². The number of hydrogen-bond acceptors (Lipinski definition) is 0. The molecule has 168 valence electrons. The summed E-state index contributed by atoms with van der Waals surface area (Å²) in [6, 6.07) is 36.1. The van der Waals surface area contributed by atoms with Gasteiger partial charge in [-0.05, 0) is 84.7 Å². The van der Waals surface area contributed by atoms with Crippen molar-refractivity contribution < 1.29 is 0 Å². The van der Waals surface area contributed by atoms with Crippen molar-refractivity contribution in [2.24, 2.45) is 0 Å². The van der Waals surface area contributed by atoms with Crippen LogP contribution in [0.1, 0.15) is 68.2 Å². The minimum absolute atomic E-state index is 0.119. The van der Waals surface area contributed by atoms with Gasteiger partial charge in [-0.25, -0.2) is 0 Å². The van der Waals surface area contributed by atoms with E-state index in [1.807, 2.05) is 0 Å². The minimum Gasteiger partial charge on any atom is -0.0878 e. The van der Waals surface area contributed by atoms with E-state index in [4.69, 9.17) is 11.6 Å². The molecule has 4 aromatic rings. The first kappa shape index (κ1) is 20.6. The zero-order chi connectivity index (χ0) is 23.3. The molecule has 0 saturated heterocycles. The van der Waals surface area contributed by atoms with Crippen LogP contribution in [-0.4, -0.2) is 0 Å². The van der Waals surface area contributed by atoms with Gasteiger partial charge in [-0.15, -0.1) is 0 Å². The summed E-state index contributed by atoms with van der Waals surface area (Å²) in [5.41, 5.74) is 14.3. The first-order valence-electron chi connectivity index (χ1n) is 12.4. The van der Waals surface area contributed by atoms with E-state index in [1.54, 1.807) is 0 Å². The van der Waals surface area contributed by atoms with E-state index < -0.39 is 0 Å². The molecule has 0 fully saturated rings. The molecule has 4 bridgehead atoms. The molecule has 10 rings (SSSR count). The second-order valence-electron chi connectivity index (χ2n) is 10.2. The molecule has 0 saturated carbocycles. The predicted molar refractivity (Wildman–Crippen MR) is 152 cm³/mol. The third-order valence-corrected chi connectivity index (χ3v) is 10.4. The summed E-state index contributed by atoms with van der Waals surface area (Å²) in [6.45, 7) is 0. The monoisotopic (exact) mass is 580 g/mol. The van der Waals surface area contributed by atoms with Crippen LogP contribution < -0.4 is 0 Å². The molecule has 0 radical (unpaired) electrons. The maximum absolute atomic E-state index is 7.52. The maximum Gasteiger partial charge on any atom is 0.0456 e. The smallest absolute Gasteiger partial charge is 0.0456 e. The van der Waals surface area contributed by atoms with Crippen LogP contribution in [0, 0.1) is 0 Å². The topological polar surface area (TPSA) is 0 Å². The summed E-state index contributed by atoms with van der Waals surface area (Å²) in [7, 11) is 0. The minimum atomic E-state index is 0.119. The molecule has 0 N–H and O–H groups in total. The average molecular weight is 581 g/mol. The molecule has 4 aromatic carbocycles. The van der Waals surface area contributed by atoms with Crippen LogP contribution in [0.5, 0.6) is 0 Å². The SMILES string of the molecule is ClC1=C(C2=C(I)[C@H]3Cc4ccccc4[C@@H]2c2ccccc23)C2c3ccccc3C1c1ccccc12. The van der Waals surface area contributed by atoms with Crippen molar-refractivity contribution in [1.29, 1.82) is 0 Å². The van der Waals surface area contributed by atoms with Crippen molar-refractivity contribution in [3.63, 3.8) is 0 Å². The molecule has 0 heterocycles.